The molecule has 26 heavy (non-hydrogen) atoms. The van der Waals surface area contributed by atoms with Gasteiger partial charge in [-0.15, -0.1) is 0 Å². The van der Waals surface area contributed by atoms with Crippen molar-refractivity contribution in [3.05, 3.63) is 69.6 Å². The number of hydrogen-bond donors (Lipinski definition) is 0. The highest BCUT2D eigenvalue weighted by molar-refractivity contribution is 7.95. The van der Waals surface area contributed by atoms with Crippen molar-refractivity contribution < 1.29 is 16.8 Å². The first kappa shape index (κ1) is 19.2. The molecule has 2 aromatic carbocycles. The molecule has 0 fully saturated rings. The molecule has 1 aliphatic rings. The summed E-state index contributed by atoms with van der Waals surface area (Å²) in [5.41, 5.74) is 1.03. The van der Waals surface area contributed by atoms with Crippen molar-refractivity contribution in [2.45, 2.75) is 17.9 Å². The largest absolute Gasteiger partial charge is 0.264 e. The van der Waals surface area contributed by atoms with E-state index in [2.05, 4.69) is 0 Å². The number of anilines is 1. The van der Waals surface area contributed by atoms with Gasteiger partial charge in [0.15, 0.2) is 9.84 Å². The summed E-state index contributed by atoms with van der Waals surface area (Å²) in [6.07, 6.45) is 1.35. The highest BCUT2D eigenvalue weighted by atomic mass is 35.5. The lowest BCUT2D eigenvalue weighted by Gasteiger charge is -2.30. The van der Waals surface area contributed by atoms with E-state index in [4.69, 9.17) is 23.2 Å². The highest BCUT2D eigenvalue weighted by Crippen LogP contribution is 2.38. The van der Waals surface area contributed by atoms with Crippen LogP contribution in [0.2, 0.25) is 10.0 Å². The van der Waals surface area contributed by atoms with Gasteiger partial charge in [0.25, 0.3) is 10.0 Å². The van der Waals surface area contributed by atoms with E-state index in [1.54, 1.807) is 18.2 Å². The monoisotopic (exact) mass is 431 g/mol. The average molecular weight is 432 g/mol. The Morgan fingerprint density at radius 2 is 1.73 bits per heavy atom. The second-order valence-electron chi connectivity index (χ2n) is 5.91. The Balaban J connectivity index is 2.19. The van der Waals surface area contributed by atoms with E-state index in [0.717, 1.165) is 15.3 Å². The Kier molecular flexibility index (Phi) is 5.09. The summed E-state index contributed by atoms with van der Waals surface area (Å²) in [7, 11) is -7.55. The van der Waals surface area contributed by atoms with Crippen molar-refractivity contribution >= 4 is 48.7 Å². The smallest absolute Gasteiger partial charge is 0.257 e. The Morgan fingerprint density at radius 3 is 2.31 bits per heavy atom. The third kappa shape index (κ3) is 3.62. The van der Waals surface area contributed by atoms with Crippen LogP contribution in [-0.4, -0.2) is 28.6 Å². The van der Waals surface area contributed by atoms with E-state index in [-0.39, 0.29) is 26.4 Å². The second kappa shape index (κ2) is 6.88. The molecular weight excluding hydrogens is 417 g/mol. The summed E-state index contributed by atoms with van der Waals surface area (Å²) in [4.78, 5) is 0.0387. The number of aryl methyl sites for hydroxylation is 1. The Morgan fingerprint density at radius 1 is 1.08 bits per heavy atom. The molecule has 1 atom stereocenters. The summed E-state index contributed by atoms with van der Waals surface area (Å²) < 4.78 is 51.4. The van der Waals surface area contributed by atoms with Gasteiger partial charge < -0.3 is 0 Å². The zero-order chi connectivity index (χ0) is 19.1. The van der Waals surface area contributed by atoms with Gasteiger partial charge in [0, 0.05) is 5.41 Å². The molecule has 3 rings (SSSR count). The predicted molar refractivity (Wildman–Crippen MR) is 104 cm³/mol. The van der Waals surface area contributed by atoms with Crippen LogP contribution in [0.25, 0.3) is 0 Å². The van der Waals surface area contributed by atoms with Crippen LogP contribution < -0.4 is 4.31 Å². The molecule has 0 saturated carbocycles. The van der Waals surface area contributed by atoms with E-state index < -0.39 is 25.9 Å². The van der Waals surface area contributed by atoms with Crippen molar-refractivity contribution in [1.29, 1.82) is 0 Å². The first-order chi connectivity index (χ1) is 12.1. The van der Waals surface area contributed by atoms with Crippen molar-refractivity contribution in [1.82, 2.24) is 0 Å². The SMILES string of the molecule is Cc1ccc(S(=O)(=O)N(c2cccc(Cl)c2Cl)C2C=CS(=O)(=O)C2)cc1. The molecule has 0 aromatic heterocycles. The molecule has 0 spiro atoms. The van der Waals surface area contributed by atoms with Crippen LogP contribution in [0.3, 0.4) is 0 Å². The Bertz CT molecular complexity index is 1080. The zero-order valence-corrected chi connectivity index (χ0v) is 16.8. The maximum atomic E-state index is 13.3. The minimum Gasteiger partial charge on any atom is -0.257 e. The van der Waals surface area contributed by atoms with Crippen LogP contribution in [0.4, 0.5) is 5.69 Å². The summed E-state index contributed by atoms with van der Waals surface area (Å²) in [5.74, 6) is -0.360. The molecule has 0 aliphatic carbocycles. The number of rotatable bonds is 4. The minimum atomic E-state index is -4.07. The molecule has 0 N–H and O–H groups in total. The number of benzene rings is 2. The molecule has 0 bridgehead atoms. The molecular formula is C17H15Cl2NO4S2. The molecule has 1 unspecified atom stereocenters. The number of nitrogens with zero attached hydrogens (tertiary/aromatic N) is 1. The molecule has 9 heteroatoms. The number of halogens is 2. The van der Waals surface area contributed by atoms with Gasteiger partial charge in [-0.1, -0.05) is 47.0 Å². The minimum absolute atomic E-state index is 0.0387. The lowest BCUT2D eigenvalue weighted by Crippen LogP contribution is -2.41. The summed E-state index contributed by atoms with van der Waals surface area (Å²) in [6, 6.07) is 9.98. The van der Waals surface area contributed by atoms with Crippen LogP contribution in [0.5, 0.6) is 0 Å². The lowest BCUT2D eigenvalue weighted by atomic mass is 10.2. The fourth-order valence-electron chi connectivity index (χ4n) is 2.68. The third-order valence-electron chi connectivity index (χ3n) is 3.96. The van der Waals surface area contributed by atoms with Crippen molar-refractivity contribution in [2.24, 2.45) is 0 Å². The second-order valence-corrected chi connectivity index (χ2v) is 10.4. The van der Waals surface area contributed by atoms with Gasteiger partial charge in [0.05, 0.1) is 32.4 Å². The maximum Gasteiger partial charge on any atom is 0.264 e. The number of sulfonamides is 1. The summed E-state index contributed by atoms with van der Waals surface area (Å²) >= 11 is 12.3. The van der Waals surface area contributed by atoms with E-state index in [9.17, 15) is 16.8 Å². The van der Waals surface area contributed by atoms with Crippen LogP contribution in [-0.2, 0) is 19.9 Å². The quantitative estimate of drug-likeness (QED) is 0.737. The fraction of sp³-hybridized carbons (Fsp3) is 0.176. The van der Waals surface area contributed by atoms with Crippen LogP contribution in [0, 0.1) is 6.92 Å². The zero-order valence-electron chi connectivity index (χ0n) is 13.6. The van der Waals surface area contributed by atoms with Crippen LogP contribution in [0.15, 0.2) is 58.8 Å². The third-order valence-corrected chi connectivity index (χ3v) is 8.00. The fourth-order valence-corrected chi connectivity index (χ4v) is 6.10. The van der Waals surface area contributed by atoms with Gasteiger partial charge in [-0.3, -0.25) is 4.31 Å². The van der Waals surface area contributed by atoms with Gasteiger partial charge in [-0.2, -0.15) is 0 Å². The molecule has 5 nitrogen and oxygen atoms in total. The van der Waals surface area contributed by atoms with E-state index in [0.29, 0.717) is 0 Å². The average Bonchev–Trinajstić information content (AvgIpc) is 2.91. The van der Waals surface area contributed by atoms with Gasteiger partial charge >= 0.3 is 0 Å². The van der Waals surface area contributed by atoms with Crippen molar-refractivity contribution in [3.8, 4) is 0 Å². The standard InChI is InChI=1S/C17H15Cl2NO4S2/c1-12-5-7-14(8-6-12)26(23,24)20(13-9-10-25(21,22)11-13)16-4-2-3-15(18)17(16)19/h2-10,13H,11H2,1H3. The molecule has 1 heterocycles. The Labute approximate surface area is 162 Å². The first-order valence-electron chi connectivity index (χ1n) is 7.58. The molecule has 2 aromatic rings. The Hall–Kier alpha value is -1.54. The van der Waals surface area contributed by atoms with Crippen LogP contribution in [0.1, 0.15) is 5.56 Å². The van der Waals surface area contributed by atoms with Crippen LogP contribution >= 0.6 is 23.2 Å². The summed E-state index contributed by atoms with van der Waals surface area (Å²) in [6.45, 7) is 1.84. The highest BCUT2D eigenvalue weighted by Gasteiger charge is 2.37. The predicted octanol–water partition coefficient (Wildman–Crippen LogP) is 3.81. The number of hydrogen-bond acceptors (Lipinski definition) is 4. The first-order valence-corrected chi connectivity index (χ1v) is 11.5. The van der Waals surface area contributed by atoms with Crippen molar-refractivity contribution in [3.63, 3.8) is 0 Å². The van der Waals surface area contributed by atoms with E-state index >= 15 is 0 Å². The maximum absolute atomic E-state index is 13.3. The topological polar surface area (TPSA) is 71.5 Å². The van der Waals surface area contributed by atoms with E-state index in [1.807, 2.05) is 6.92 Å². The number of sulfone groups is 1. The summed E-state index contributed by atoms with van der Waals surface area (Å²) in [5, 5.41) is 1.24. The molecule has 0 saturated heterocycles. The molecule has 138 valence electrons. The molecule has 0 amide bonds. The van der Waals surface area contributed by atoms with Gasteiger partial charge in [0.2, 0.25) is 0 Å². The van der Waals surface area contributed by atoms with E-state index in [1.165, 1.54) is 30.3 Å². The molecule has 1 aliphatic heterocycles. The van der Waals surface area contributed by atoms with Gasteiger partial charge in [-0.25, -0.2) is 16.8 Å². The van der Waals surface area contributed by atoms with Gasteiger partial charge in [0.1, 0.15) is 0 Å². The lowest BCUT2D eigenvalue weighted by molar-refractivity contribution is 0.586. The normalized spacial score (nSPS) is 18.8. The van der Waals surface area contributed by atoms with Crippen molar-refractivity contribution in [2.75, 3.05) is 10.1 Å². The molecule has 0 radical (unpaired) electrons. The van der Waals surface area contributed by atoms with Gasteiger partial charge in [-0.05, 0) is 37.3 Å².